The minimum atomic E-state index is -0.795. The van der Waals surface area contributed by atoms with Crippen LogP contribution in [0.1, 0.15) is 226 Å². The number of esters is 3. The van der Waals surface area contributed by atoms with Crippen LogP contribution in [0.3, 0.4) is 0 Å². The van der Waals surface area contributed by atoms with Gasteiger partial charge in [-0.25, -0.2) is 0 Å². The number of hydrogen-bond donors (Lipinski definition) is 0. The second-order valence-corrected chi connectivity index (χ2v) is 16.1. The third-order valence-electron chi connectivity index (χ3n) is 10.3. The molecule has 0 bridgehead atoms. The van der Waals surface area contributed by atoms with Gasteiger partial charge < -0.3 is 14.2 Å². The van der Waals surface area contributed by atoms with Crippen LogP contribution in [0.4, 0.5) is 0 Å². The minimum Gasteiger partial charge on any atom is -0.462 e. The summed E-state index contributed by atoms with van der Waals surface area (Å²) in [6.07, 6.45) is 58.9. The molecular formula is C53H90O6. The maximum absolute atomic E-state index is 12.7. The van der Waals surface area contributed by atoms with Crippen LogP contribution in [0.15, 0.2) is 72.9 Å². The molecule has 0 rings (SSSR count). The van der Waals surface area contributed by atoms with Crippen LogP contribution in [-0.2, 0) is 28.6 Å². The quantitative estimate of drug-likeness (QED) is 0.0200. The summed E-state index contributed by atoms with van der Waals surface area (Å²) in [5.41, 5.74) is 0. The summed E-state index contributed by atoms with van der Waals surface area (Å²) in [7, 11) is 0. The van der Waals surface area contributed by atoms with Gasteiger partial charge in [-0.05, 0) is 64.2 Å². The average molecular weight is 823 g/mol. The fraction of sp³-hybridized carbons (Fsp3) is 0.717. The predicted octanol–water partition coefficient (Wildman–Crippen LogP) is 15.9. The minimum absolute atomic E-state index is 0.0934. The van der Waals surface area contributed by atoms with E-state index in [2.05, 4.69) is 45.1 Å². The highest BCUT2D eigenvalue weighted by molar-refractivity contribution is 5.71. The number of rotatable bonds is 43. The van der Waals surface area contributed by atoms with Gasteiger partial charge in [0.2, 0.25) is 0 Å². The van der Waals surface area contributed by atoms with E-state index >= 15 is 0 Å². The summed E-state index contributed by atoms with van der Waals surface area (Å²) in [4.78, 5) is 37.8. The first kappa shape index (κ1) is 55.9. The van der Waals surface area contributed by atoms with E-state index in [0.717, 1.165) is 64.2 Å². The lowest BCUT2D eigenvalue weighted by Gasteiger charge is -2.18. The second kappa shape index (κ2) is 47.5. The van der Waals surface area contributed by atoms with Crippen LogP contribution in [0.25, 0.3) is 0 Å². The highest BCUT2D eigenvalue weighted by Gasteiger charge is 2.19. The topological polar surface area (TPSA) is 78.9 Å². The van der Waals surface area contributed by atoms with E-state index in [1.807, 2.05) is 48.6 Å². The second-order valence-electron chi connectivity index (χ2n) is 16.1. The van der Waals surface area contributed by atoms with Gasteiger partial charge in [-0.2, -0.15) is 0 Å². The molecule has 0 aliphatic rings. The van der Waals surface area contributed by atoms with Crippen molar-refractivity contribution in [1.29, 1.82) is 0 Å². The molecule has 0 spiro atoms. The molecule has 6 heteroatoms. The van der Waals surface area contributed by atoms with Gasteiger partial charge in [0.05, 0.1) is 0 Å². The first-order valence-electron chi connectivity index (χ1n) is 24.5. The molecule has 0 aliphatic carbocycles. The van der Waals surface area contributed by atoms with Gasteiger partial charge in [0.15, 0.2) is 6.10 Å². The standard InChI is InChI=1S/C53H90O6/c1-4-7-10-13-16-19-21-23-25-26-28-29-31-34-37-40-43-46-52(55)58-49-50(48-57-51(54)45-42-39-36-33-18-15-12-9-6-3)59-53(56)47-44-41-38-35-32-30-27-24-22-20-17-14-11-8-5-2/h8,11,14,17,20,22-25,27,30,32,50H,4-7,9-10,12-13,15-16,18-19,21,26,28-29,31,33-49H2,1-3H3/b11-8-,17-14-,22-20-,25-23-,27-24-,32-30-. The Hall–Kier alpha value is -3.15. The van der Waals surface area contributed by atoms with E-state index in [9.17, 15) is 14.4 Å². The lowest BCUT2D eigenvalue weighted by molar-refractivity contribution is -0.167. The number of carbonyl (C=O) groups is 3. The lowest BCUT2D eigenvalue weighted by atomic mass is 10.1. The molecule has 0 radical (unpaired) electrons. The van der Waals surface area contributed by atoms with Gasteiger partial charge in [0.25, 0.3) is 0 Å². The van der Waals surface area contributed by atoms with Crippen LogP contribution in [0.2, 0.25) is 0 Å². The Labute approximate surface area is 363 Å². The van der Waals surface area contributed by atoms with Gasteiger partial charge in [-0.1, -0.05) is 216 Å². The molecule has 0 saturated carbocycles. The molecule has 0 aromatic heterocycles. The molecule has 6 nitrogen and oxygen atoms in total. The number of carbonyl (C=O) groups excluding carboxylic acids is 3. The Morgan fingerprint density at radius 2 is 0.678 bits per heavy atom. The van der Waals surface area contributed by atoms with Gasteiger partial charge in [0, 0.05) is 19.3 Å². The Kier molecular flexibility index (Phi) is 45.0. The largest absolute Gasteiger partial charge is 0.462 e. The Bertz CT molecular complexity index is 1130. The fourth-order valence-corrected chi connectivity index (χ4v) is 6.63. The summed E-state index contributed by atoms with van der Waals surface area (Å²) in [6, 6.07) is 0. The molecule has 0 N–H and O–H groups in total. The van der Waals surface area contributed by atoms with Crippen molar-refractivity contribution >= 4 is 17.9 Å². The number of allylic oxidation sites excluding steroid dienone is 12. The molecule has 0 saturated heterocycles. The van der Waals surface area contributed by atoms with Crippen LogP contribution in [-0.4, -0.2) is 37.2 Å². The first-order valence-corrected chi connectivity index (χ1v) is 24.5. The van der Waals surface area contributed by atoms with E-state index in [1.165, 1.54) is 116 Å². The monoisotopic (exact) mass is 823 g/mol. The molecule has 0 aromatic rings. The van der Waals surface area contributed by atoms with E-state index in [0.29, 0.717) is 19.3 Å². The maximum Gasteiger partial charge on any atom is 0.306 e. The normalized spacial score (nSPS) is 12.7. The summed E-state index contributed by atoms with van der Waals surface area (Å²) >= 11 is 0. The van der Waals surface area contributed by atoms with Gasteiger partial charge in [-0.15, -0.1) is 0 Å². The van der Waals surface area contributed by atoms with E-state index in [4.69, 9.17) is 14.2 Å². The highest BCUT2D eigenvalue weighted by atomic mass is 16.6. The average Bonchev–Trinajstić information content (AvgIpc) is 3.23. The maximum atomic E-state index is 12.7. The number of hydrogen-bond acceptors (Lipinski definition) is 6. The molecule has 0 heterocycles. The van der Waals surface area contributed by atoms with Crippen molar-refractivity contribution < 1.29 is 28.6 Å². The van der Waals surface area contributed by atoms with E-state index < -0.39 is 6.10 Å². The number of ether oxygens (including phenoxy) is 3. The van der Waals surface area contributed by atoms with Crippen molar-refractivity contribution in [1.82, 2.24) is 0 Å². The van der Waals surface area contributed by atoms with Gasteiger partial charge >= 0.3 is 17.9 Å². The SMILES string of the molecule is CC\C=C/C=C\C=C/C=C\C=C/CCCCCC(=O)OC(COC(=O)CCCCCCCCC/C=C\CCCCCCCC)COC(=O)CCCCCCCCCCC. The third-order valence-corrected chi connectivity index (χ3v) is 10.3. The summed E-state index contributed by atoms with van der Waals surface area (Å²) in [5.74, 6) is -0.944. The zero-order valence-corrected chi connectivity index (χ0v) is 38.5. The first-order chi connectivity index (χ1) is 29.0. The zero-order chi connectivity index (χ0) is 43.0. The molecule has 0 amide bonds. The lowest BCUT2D eigenvalue weighted by Crippen LogP contribution is -2.30. The van der Waals surface area contributed by atoms with Gasteiger partial charge in [-0.3, -0.25) is 14.4 Å². The van der Waals surface area contributed by atoms with E-state index in [-0.39, 0.29) is 37.5 Å². The van der Waals surface area contributed by atoms with Crippen molar-refractivity contribution in [2.45, 2.75) is 232 Å². The van der Waals surface area contributed by atoms with Gasteiger partial charge in [0.1, 0.15) is 13.2 Å². The summed E-state index contributed by atoms with van der Waals surface area (Å²) in [5, 5.41) is 0. The zero-order valence-electron chi connectivity index (χ0n) is 38.5. The smallest absolute Gasteiger partial charge is 0.306 e. The van der Waals surface area contributed by atoms with E-state index in [1.54, 1.807) is 0 Å². The molecule has 1 atom stereocenters. The molecule has 59 heavy (non-hydrogen) atoms. The van der Waals surface area contributed by atoms with Crippen LogP contribution >= 0.6 is 0 Å². The number of unbranched alkanes of at least 4 members (excludes halogenated alkanes) is 24. The van der Waals surface area contributed by atoms with Crippen LogP contribution in [0.5, 0.6) is 0 Å². The molecule has 0 aliphatic heterocycles. The Morgan fingerprint density at radius 1 is 0.356 bits per heavy atom. The van der Waals surface area contributed by atoms with Crippen molar-refractivity contribution in [2.24, 2.45) is 0 Å². The predicted molar refractivity (Wildman–Crippen MR) is 251 cm³/mol. The van der Waals surface area contributed by atoms with Crippen molar-refractivity contribution in [3.05, 3.63) is 72.9 Å². The molecule has 1 unspecified atom stereocenters. The van der Waals surface area contributed by atoms with Crippen molar-refractivity contribution in [2.75, 3.05) is 13.2 Å². The Balaban J connectivity index is 4.41. The molecule has 0 fully saturated rings. The van der Waals surface area contributed by atoms with Crippen LogP contribution < -0.4 is 0 Å². The van der Waals surface area contributed by atoms with Crippen molar-refractivity contribution in [3.63, 3.8) is 0 Å². The highest BCUT2D eigenvalue weighted by Crippen LogP contribution is 2.14. The summed E-state index contributed by atoms with van der Waals surface area (Å²) < 4.78 is 16.7. The Morgan fingerprint density at radius 3 is 1.10 bits per heavy atom. The molecular weight excluding hydrogens is 733 g/mol. The third kappa shape index (κ3) is 45.8. The van der Waals surface area contributed by atoms with Crippen LogP contribution in [0, 0.1) is 0 Å². The summed E-state index contributed by atoms with van der Waals surface area (Å²) in [6.45, 7) is 6.42. The van der Waals surface area contributed by atoms with Crippen molar-refractivity contribution in [3.8, 4) is 0 Å². The molecule has 338 valence electrons. The fourth-order valence-electron chi connectivity index (χ4n) is 6.63. The molecule has 0 aromatic carbocycles.